The molecule has 1 nitrogen and oxygen atoms in total. The van der Waals surface area contributed by atoms with Gasteiger partial charge >= 0.3 is 6.18 Å². The van der Waals surface area contributed by atoms with Gasteiger partial charge in [-0.2, -0.15) is 13.2 Å². The van der Waals surface area contributed by atoms with Crippen molar-refractivity contribution < 1.29 is 17.6 Å². The van der Waals surface area contributed by atoms with Crippen LogP contribution in [0.4, 0.5) is 17.6 Å². The molecular formula is C9H9F4N. The van der Waals surface area contributed by atoms with Crippen LogP contribution in [0.3, 0.4) is 0 Å². The number of hydrogen-bond donors (Lipinski definition) is 1. The second-order valence-electron chi connectivity index (χ2n) is 2.96. The number of rotatable bonds is 1. The molecule has 0 amide bonds. The molecule has 14 heavy (non-hydrogen) atoms. The van der Waals surface area contributed by atoms with E-state index >= 15 is 0 Å². The maximum atomic E-state index is 12.9. The molecule has 0 unspecified atom stereocenters. The molecule has 0 aliphatic carbocycles. The van der Waals surface area contributed by atoms with Gasteiger partial charge in [0.05, 0.1) is 5.56 Å². The van der Waals surface area contributed by atoms with Crippen LogP contribution in [0.2, 0.25) is 0 Å². The Bertz CT molecular complexity index is 343. The van der Waals surface area contributed by atoms with Crippen LogP contribution in [0.25, 0.3) is 0 Å². The summed E-state index contributed by atoms with van der Waals surface area (Å²) in [6, 6.07) is 1.61. The summed E-state index contributed by atoms with van der Waals surface area (Å²) in [6.45, 7) is 1.50. The molecule has 1 rings (SSSR count). The third-order valence-corrected chi connectivity index (χ3v) is 1.95. The molecular weight excluding hydrogens is 198 g/mol. The molecule has 2 N–H and O–H groups in total. The predicted octanol–water partition coefficient (Wildman–Crippen LogP) is 2.61. The molecule has 0 aromatic heterocycles. The standard InChI is InChI=1S/C9H9F4N/c1-5-2-7(9(11,12)13)8(10)3-6(5)4-14/h2-3H,4,14H2,1H3. The zero-order valence-corrected chi connectivity index (χ0v) is 7.45. The summed E-state index contributed by atoms with van der Waals surface area (Å²) >= 11 is 0. The molecule has 0 aliphatic rings. The zero-order valence-electron chi connectivity index (χ0n) is 7.45. The maximum Gasteiger partial charge on any atom is 0.419 e. The minimum absolute atomic E-state index is 0.0287. The number of hydrogen-bond acceptors (Lipinski definition) is 1. The van der Waals surface area contributed by atoms with Gasteiger partial charge in [-0.15, -0.1) is 0 Å². The first-order chi connectivity index (χ1) is 6.36. The monoisotopic (exact) mass is 207 g/mol. The van der Waals surface area contributed by atoms with Crippen molar-refractivity contribution in [1.82, 2.24) is 0 Å². The van der Waals surface area contributed by atoms with E-state index in [4.69, 9.17) is 5.73 Å². The van der Waals surface area contributed by atoms with Crippen LogP contribution in [-0.4, -0.2) is 0 Å². The highest BCUT2D eigenvalue weighted by atomic mass is 19.4. The van der Waals surface area contributed by atoms with E-state index in [1.54, 1.807) is 0 Å². The fourth-order valence-electron chi connectivity index (χ4n) is 1.16. The zero-order chi connectivity index (χ0) is 10.9. The molecule has 1 aromatic rings. The van der Waals surface area contributed by atoms with E-state index in [-0.39, 0.29) is 6.54 Å². The lowest BCUT2D eigenvalue weighted by Gasteiger charge is -2.11. The lowest BCUT2D eigenvalue weighted by Crippen LogP contribution is -2.10. The van der Waals surface area contributed by atoms with Crippen LogP contribution in [0.15, 0.2) is 12.1 Å². The SMILES string of the molecule is Cc1cc(C(F)(F)F)c(F)cc1CN. The highest BCUT2D eigenvalue weighted by molar-refractivity contribution is 5.33. The van der Waals surface area contributed by atoms with Gasteiger partial charge in [0, 0.05) is 6.54 Å². The minimum Gasteiger partial charge on any atom is -0.326 e. The predicted molar refractivity (Wildman–Crippen MR) is 44.0 cm³/mol. The smallest absolute Gasteiger partial charge is 0.326 e. The lowest BCUT2D eigenvalue weighted by atomic mass is 10.0. The Hall–Kier alpha value is -1.10. The van der Waals surface area contributed by atoms with E-state index in [1.165, 1.54) is 6.92 Å². The number of benzene rings is 1. The van der Waals surface area contributed by atoms with E-state index in [2.05, 4.69) is 0 Å². The second-order valence-corrected chi connectivity index (χ2v) is 2.96. The highest BCUT2D eigenvalue weighted by Crippen LogP contribution is 2.32. The molecule has 0 saturated carbocycles. The van der Waals surface area contributed by atoms with Gasteiger partial charge in [0.2, 0.25) is 0 Å². The van der Waals surface area contributed by atoms with Gasteiger partial charge in [0.1, 0.15) is 5.82 Å². The van der Waals surface area contributed by atoms with Gasteiger partial charge in [-0.3, -0.25) is 0 Å². The molecule has 5 heteroatoms. The first kappa shape index (κ1) is 11.0. The fourth-order valence-corrected chi connectivity index (χ4v) is 1.16. The Labute approximate surface area is 78.5 Å². The normalized spacial score (nSPS) is 11.9. The van der Waals surface area contributed by atoms with Crippen LogP contribution < -0.4 is 5.73 Å². The molecule has 0 saturated heterocycles. The van der Waals surface area contributed by atoms with E-state index in [0.29, 0.717) is 11.1 Å². The summed E-state index contributed by atoms with van der Waals surface area (Å²) in [7, 11) is 0. The van der Waals surface area contributed by atoms with Gasteiger partial charge in [-0.05, 0) is 30.2 Å². The minimum atomic E-state index is -4.65. The molecule has 1 aromatic carbocycles. The van der Waals surface area contributed by atoms with E-state index in [9.17, 15) is 17.6 Å². The summed E-state index contributed by atoms with van der Waals surface area (Å²) in [6.07, 6.45) is -4.65. The van der Waals surface area contributed by atoms with Crippen LogP contribution >= 0.6 is 0 Å². The van der Waals surface area contributed by atoms with Crippen molar-refractivity contribution in [3.63, 3.8) is 0 Å². The number of alkyl halides is 3. The quantitative estimate of drug-likeness (QED) is 0.704. The lowest BCUT2D eigenvalue weighted by molar-refractivity contribution is -0.140. The molecule has 0 bridgehead atoms. The first-order valence-corrected chi connectivity index (χ1v) is 3.92. The van der Waals surface area contributed by atoms with Crippen LogP contribution in [0.5, 0.6) is 0 Å². The number of nitrogens with two attached hydrogens (primary N) is 1. The Balaban J connectivity index is 3.29. The van der Waals surface area contributed by atoms with E-state index in [1.807, 2.05) is 0 Å². The third kappa shape index (κ3) is 2.04. The fraction of sp³-hybridized carbons (Fsp3) is 0.333. The Morgan fingerprint density at radius 2 is 1.86 bits per heavy atom. The molecule has 0 aliphatic heterocycles. The first-order valence-electron chi connectivity index (χ1n) is 3.92. The number of halogens is 4. The van der Waals surface area contributed by atoms with Crippen LogP contribution in [0, 0.1) is 12.7 Å². The molecule has 78 valence electrons. The van der Waals surface area contributed by atoms with Crippen molar-refractivity contribution in [3.05, 3.63) is 34.6 Å². The van der Waals surface area contributed by atoms with Crippen LogP contribution in [0.1, 0.15) is 16.7 Å². The molecule has 0 fully saturated rings. The van der Waals surface area contributed by atoms with E-state index in [0.717, 1.165) is 12.1 Å². The molecule has 0 atom stereocenters. The van der Waals surface area contributed by atoms with Crippen molar-refractivity contribution in [3.8, 4) is 0 Å². The van der Waals surface area contributed by atoms with Crippen molar-refractivity contribution in [1.29, 1.82) is 0 Å². The average Bonchev–Trinajstić information content (AvgIpc) is 2.06. The van der Waals surface area contributed by atoms with Crippen molar-refractivity contribution in [2.45, 2.75) is 19.6 Å². The van der Waals surface area contributed by atoms with Gasteiger partial charge in [0.25, 0.3) is 0 Å². The number of aryl methyl sites for hydroxylation is 1. The molecule has 0 spiro atoms. The Morgan fingerprint density at radius 1 is 1.29 bits per heavy atom. The molecule has 0 radical (unpaired) electrons. The topological polar surface area (TPSA) is 26.0 Å². The largest absolute Gasteiger partial charge is 0.419 e. The summed E-state index contributed by atoms with van der Waals surface area (Å²) in [5.41, 5.74) is 4.72. The van der Waals surface area contributed by atoms with Gasteiger partial charge < -0.3 is 5.73 Å². The summed E-state index contributed by atoms with van der Waals surface area (Å²) in [5.74, 6) is -1.27. The van der Waals surface area contributed by atoms with Gasteiger partial charge in [-0.25, -0.2) is 4.39 Å². The van der Waals surface area contributed by atoms with Crippen molar-refractivity contribution in [2.75, 3.05) is 0 Å². The Kier molecular flexibility index (Phi) is 2.80. The highest BCUT2D eigenvalue weighted by Gasteiger charge is 2.34. The summed E-state index contributed by atoms with van der Waals surface area (Å²) in [4.78, 5) is 0. The maximum absolute atomic E-state index is 12.9. The van der Waals surface area contributed by atoms with Gasteiger partial charge in [-0.1, -0.05) is 0 Å². The summed E-state index contributed by atoms with van der Waals surface area (Å²) in [5, 5.41) is 0. The van der Waals surface area contributed by atoms with Crippen molar-refractivity contribution in [2.24, 2.45) is 5.73 Å². The Morgan fingerprint density at radius 3 is 2.29 bits per heavy atom. The summed E-state index contributed by atoms with van der Waals surface area (Å²) < 4.78 is 49.5. The van der Waals surface area contributed by atoms with Crippen LogP contribution in [-0.2, 0) is 12.7 Å². The van der Waals surface area contributed by atoms with Crippen molar-refractivity contribution >= 4 is 0 Å². The second kappa shape index (κ2) is 3.57. The third-order valence-electron chi connectivity index (χ3n) is 1.95. The van der Waals surface area contributed by atoms with Gasteiger partial charge in [0.15, 0.2) is 0 Å². The average molecular weight is 207 g/mol. The van der Waals surface area contributed by atoms with E-state index < -0.39 is 17.6 Å². The molecule has 0 heterocycles.